The van der Waals surface area contributed by atoms with Gasteiger partial charge in [-0.1, -0.05) is 42.5 Å². The Bertz CT molecular complexity index is 1420. The SMILES string of the molecule is COCCCn1c2nc3ccccc3nc2c2c(=O)n(CCc3ccccc3)cnc21. The molecule has 0 radical (unpaired) electrons. The molecule has 0 bridgehead atoms. The second-order valence-corrected chi connectivity index (χ2v) is 7.56. The van der Waals surface area contributed by atoms with Gasteiger partial charge in [-0.3, -0.25) is 9.36 Å². The number of benzene rings is 2. The second kappa shape index (κ2) is 8.28. The van der Waals surface area contributed by atoms with Gasteiger partial charge in [-0.25, -0.2) is 15.0 Å². The first-order valence-corrected chi connectivity index (χ1v) is 10.4. The zero-order valence-corrected chi connectivity index (χ0v) is 17.4. The fourth-order valence-corrected chi connectivity index (χ4v) is 3.97. The molecule has 0 amide bonds. The van der Waals surface area contributed by atoms with E-state index in [4.69, 9.17) is 14.7 Å². The van der Waals surface area contributed by atoms with E-state index in [2.05, 4.69) is 17.1 Å². The Balaban J connectivity index is 1.66. The Morgan fingerprint density at radius 3 is 2.42 bits per heavy atom. The molecule has 156 valence electrons. The van der Waals surface area contributed by atoms with Gasteiger partial charge in [0.05, 0.1) is 17.4 Å². The molecule has 0 atom stereocenters. The van der Waals surface area contributed by atoms with Crippen LogP contribution in [0.15, 0.2) is 65.7 Å². The van der Waals surface area contributed by atoms with E-state index in [1.807, 2.05) is 47.0 Å². The minimum atomic E-state index is -0.0824. The zero-order chi connectivity index (χ0) is 21.2. The van der Waals surface area contributed by atoms with Crippen molar-refractivity contribution < 1.29 is 4.74 Å². The summed E-state index contributed by atoms with van der Waals surface area (Å²) in [7, 11) is 1.68. The molecular formula is C24H23N5O2. The highest BCUT2D eigenvalue weighted by Crippen LogP contribution is 2.25. The summed E-state index contributed by atoms with van der Waals surface area (Å²) in [4.78, 5) is 27.8. The van der Waals surface area contributed by atoms with Crippen LogP contribution in [0.1, 0.15) is 12.0 Å². The topological polar surface area (TPSA) is 74.8 Å². The minimum absolute atomic E-state index is 0.0824. The number of fused-ring (bicyclic) bond motifs is 4. The van der Waals surface area contributed by atoms with Gasteiger partial charge in [0, 0.05) is 26.8 Å². The number of hydrogen-bond acceptors (Lipinski definition) is 5. The van der Waals surface area contributed by atoms with Crippen molar-refractivity contribution in [1.29, 1.82) is 0 Å². The van der Waals surface area contributed by atoms with E-state index < -0.39 is 0 Å². The lowest BCUT2D eigenvalue weighted by Gasteiger charge is -2.07. The number of nitrogens with zero attached hydrogens (tertiary/aromatic N) is 5. The molecule has 3 aromatic heterocycles. The van der Waals surface area contributed by atoms with Gasteiger partial charge in [-0.15, -0.1) is 0 Å². The fourth-order valence-electron chi connectivity index (χ4n) is 3.97. The average Bonchev–Trinajstić information content (AvgIpc) is 3.11. The Labute approximate surface area is 179 Å². The van der Waals surface area contributed by atoms with Crippen LogP contribution in [0.2, 0.25) is 0 Å². The van der Waals surface area contributed by atoms with Crippen LogP contribution in [0.5, 0.6) is 0 Å². The van der Waals surface area contributed by atoms with E-state index in [9.17, 15) is 4.79 Å². The third-order valence-corrected chi connectivity index (χ3v) is 5.53. The smallest absolute Gasteiger partial charge is 0.265 e. The molecular weight excluding hydrogens is 390 g/mol. The molecule has 0 aliphatic carbocycles. The average molecular weight is 413 g/mol. The largest absolute Gasteiger partial charge is 0.385 e. The van der Waals surface area contributed by atoms with Crippen LogP contribution in [-0.4, -0.2) is 37.8 Å². The standard InChI is InChI=1S/C24H23N5O2/c1-31-15-7-13-29-22-20(21-23(29)27-19-11-6-5-10-18(19)26-21)24(30)28(16-25-22)14-12-17-8-3-2-4-9-17/h2-6,8-11,16H,7,12-15H2,1H3. The van der Waals surface area contributed by atoms with Crippen LogP contribution < -0.4 is 5.56 Å². The lowest BCUT2D eigenvalue weighted by atomic mass is 10.1. The van der Waals surface area contributed by atoms with Crippen molar-refractivity contribution in [2.24, 2.45) is 0 Å². The van der Waals surface area contributed by atoms with Gasteiger partial charge in [-0.05, 0) is 30.5 Å². The molecule has 0 unspecified atom stereocenters. The summed E-state index contributed by atoms with van der Waals surface area (Å²) in [6.45, 7) is 1.83. The first-order valence-electron chi connectivity index (χ1n) is 10.4. The van der Waals surface area contributed by atoms with Crippen molar-refractivity contribution in [1.82, 2.24) is 24.1 Å². The molecule has 0 aliphatic heterocycles. The van der Waals surface area contributed by atoms with E-state index in [0.29, 0.717) is 41.9 Å². The van der Waals surface area contributed by atoms with E-state index in [1.54, 1.807) is 18.0 Å². The predicted octanol–water partition coefficient (Wildman–Crippen LogP) is 3.57. The molecule has 5 rings (SSSR count). The fraction of sp³-hybridized carbons (Fsp3) is 0.250. The van der Waals surface area contributed by atoms with Crippen LogP contribution in [-0.2, 0) is 24.2 Å². The van der Waals surface area contributed by atoms with Crippen LogP contribution in [0.4, 0.5) is 0 Å². The molecule has 2 aromatic carbocycles. The van der Waals surface area contributed by atoms with Crippen molar-refractivity contribution in [2.45, 2.75) is 25.9 Å². The number of para-hydroxylation sites is 2. The molecule has 31 heavy (non-hydrogen) atoms. The van der Waals surface area contributed by atoms with E-state index in [1.165, 1.54) is 5.56 Å². The molecule has 0 saturated carbocycles. The first-order chi connectivity index (χ1) is 15.3. The number of ether oxygens (including phenoxy) is 1. The summed E-state index contributed by atoms with van der Waals surface area (Å²) >= 11 is 0. The van der Waals surface area contributed by atoms with E-state index in [0.717, 1.165) is 23.9 Å². The van der Waals surface area contributed by atoms with Crippen molar-refractivity contribution in [2.75, 3.05) is 13.7 Å². The highest BCUT2D eigenvalue weighted by molar-refractivity contribution is 6.04. The van der Waals surface area contributed by atoms with Crippen LogP contribution >= 0.6 is 0 Å². The van der Waals surface area contributed by atoms with Gasteiger partial charge in [0.15, 0.2) is 11.3 Å². The maximum absolute atomic E-state index is 13.5. The molecule has 0 spiro atoms. The lowest BCUT2D eigenvalue weighted by Crippen LogP contribution is -2.22. The number of methoxy groups -OCH3 is 1. The summed E-state index contributed by atoms with van der Waals surface area (Å²) in [6.07, 6.45) is 3.19. The van der Waals surface area contributed by atoms with Crippen LogP contribution in [0.3, 0.4) is 0 Å². The number of aromatic nitrogens is 5. The van der Waals surface area contributed by atoms with Crippen molar-refractivity contribution in [3.8, 4) is 0 Å². The first kappa shape index (κ1) is 19.4. The van der Waals surface area contributed by atoms with Gasteiger partial charge < -0.3 is 9.30 Å². The molecule has 0 saturated heterocycles. The number of rotatable bonds is 7. The molecule has 7 nitrogen and oxygen atoms in total. The molecule has 3 heterocycles. The van der Waals surface area contributed by atoms with Crippen LogP contribution in [0, 0.1) is 0 Å². The third kappa shape index (κ3) is 3.57. The Morgan fingerprint density at radius 1 is 0.903 bits per heavy atom. The molecule has 0 aliphatic rings. The maximum atomic E-state index is 13.5. The van der Waals surface area contributed by atoms with Gasteiger partial charge >= 0.3 is 0 Å². The van der Waals surface area contributed by atoms with Gasteiger partial charge in [0.25, 0.3) is 5.56 Å². The summed E-state index contributed by atoms with van der Waals surface area (Å²) in [5.74, 6) is 0. The maximum Gasteiger partial charge on any atom is 0.265 e. The normalized spacial score (nSPS) is 11.6. The predicted molar refractivity (Wildman–Crippen MR) is 121 cm³/mol. The number of aryl methyl sites for hydroxylation is 3. The third-order valence-electron chi connectivity index (χ3n) is 5.53. The molecule has 7 heteroatoms. The summed E-state index contributed by atoms with van der Waals surface area (Å²) < 4.78 is 8.88. The summed E-state index contributed by atoms with van der Waals surface area (Å²) in [5, 5.41) is 0.529. The van der Waals surface area contributed by atoms with Gasteiger partial charge in [0.2, 0.25) is 0 Å². The van der Waals surface area contributed by atoms with Gasteiger partial charge in [0.1, 0.15) is 10.9 Å². The molecule has 0 fully saturated rings. The van der Waals surface area contributed by atoms with Gasteiger partial charge in [-0.2, -0.15) is 0 Å². The van der Waals surface area contributed by atoms with E-state index in [-0.39, 0.29) is 5.56 Å². The van der Waals surface area contributed by atoms with Crippen molar-refractivity contribution >= 4 is 33.2 Å². The van der Waals surface area contributed by atoms with Crippen molar-refractivity contribution in [3.05, 3.63) is 76.8 Å². The van der Waals surface area contributed by atoms with Crippen molar-refractivity contribution in [3.63, 3.8) is 0 Å². The van der Waals surface area contributed by atoms with Crippen LogP contribution in [0.25, 0.3) is 33.2 Å². The highest BCUT2D eigenvalue weighted by Gasteiger charge is 2.19. The Hall–Kier alpha value is -3.58. The molecule has 5 aromatic rings. The Morgan fingerprint density at radius 2 is 1.65 bits per heavy atom. The second-order valence-electron chi connectivity index (χ2n) is 7.56. The van der Waals surface area contributed by atoms with E-state index >= 15 is 0 Å². The molecule has 0 N–H and O–H groups in total. The quantitative estimate of drug-likeness (QED) is 0.381. The monoisotopic (exact) mass is 413 g/mol. The Kier molecular flexibility index (Phi) is 5.18. The summed E-state index contributed by atoms with van der Waals surface area (Å²) in [5.41, 5.74) is 4.60. The highest BCUT2D eigenvalue weighted by atomic mass is 16.5. The zero-order valence-electron chi connectivity index (χ0n) is 17.4. The summed E-state index contributed by atoms with van der Waals surface area (Å²) in [6, 6.07) is 17.9. The lowest BCUT2D eigenvalue weighted by molar-refractivity contribution is 0.191. The number of hydrogen-bond donors (Lipinski definition) is 0. The minimum Gasteiger partial charge on any atom is -0.385 e.